The van der Waals surface area contributed by atoms with Crippen LogP contribution < -0.4 is 0 Å². The Labute approximate surface area is 92.5 Å². The van der Waals surface area contributed by atoms with E-state index in [0.717, 1.165) is 0 Å². The first-order valence-electron chi connectivity index (χ1n) is 4.91. The number of rotatable bonds is 2. The normalized spacial score (nSPS) is 10.4. The summed E-state index contributed by atoms with van der Waals surface area (Å²) in [5.74, 6) is -0.430. The molecule has 0 atom stereocenters. The van der Waals surface area contributed by atoms with E-state index in [4.69, 9.17) is 0 Å². The van der Waals surface area contributed by atoms with Crippen molar-refractivity contribution >= 4 is 5.78 Å². The third-order valence-corrected chi connectivity index (χ3v) is 2.38. The van der Waals surface area contributed by atoms with Crippen LogP contribution in [0.2, 0.25) is 0 Å². The van der Waals surface area contributed by atoms with E-state index in [0.29, 0.717) is 16.9 Å². The lowest BCUT2D eigenvalue weighted by Crippen LogP contribution is -1.97. The fourth-order valence-electron chi connectivity index (χ4n) is 1.57. The lowest BCUT2D eigenvalue weighted by atomic mass is 10.2. The predicted octanol–water partition coefficient (Wildman–Crippen LogP) is 2.52. The van der Waals surface area contributed by atoms with Crippen LogP contribution in [0.4, 0.5) is 4.39 Å². The minimum Gasteiger partial charge on any atom is -0.294 e. The van der Waals surface area contributed by atoms with Crippen molar-refractivity contribution in [3.05, 3.63) is 47.5 Å². The van der Waals surface area contributed by atoms with Gasteiger partial charge in [-0.15, -0.1) is 0 Å². The molecular weight excluding hydrogens is 207 g/mol. The number of aromatic nitrogens is 2. The highest BCUT2D eigenvalue weighted by molar-refractivity contribution is 5.94. The number of ketones is 1. The van der Waals surface area contributed by atoms with Gasteiger partial charge in [0.2, 0.25) is 0 Å². The molecule has 1 aromatic heterocycles. The number of halogens is 1. The van der Waals surface area contributed by atoms with E-state index in [1.54, 1.807) is 31.3 Å². The minimum absolute atomic E-state index is 0.0694. The number of benzene rings is 1. The Bertz CT molecular complexity index is 546. The van der Waals surface area contributed by atoms with Gasteiger partial charge in [0.15, 0.2) is 5.78 Å². The van der Waals surface area contributed by atoms with Crippen molar-refractivity contribution in [2.75, 3.05) is 0 Å². The van der Waals surface area contributed by atoms with E-state index in [1.807, 2.05) is 0 Å². The zero-order valence-corrected chi connectivity index (χ0v) is 9.07. The smallest absolute Gasteiger partial charge is 0.163 e. The van der Waals surface area contributed by atoms with Crippen LogP contribution in [0.1, 0.15) is 23.0 Å². The van der Waals surface area contributed by atoms with Gasteiger partial charge in [-0.3, -0.25) is 4.79 Å². The highest BCUT2D eigenvalue weighted by Gasteiger charge is 2.11. The van der Waals surface area contributed by atoms with Gasteiger partial charge in [0.1, 0.15) is 11.5 Å². The Kier molecular flexibility index (Phi) is 2.56. The van der Waals surface area contributed by atoms with Crippen molar-refractivity contribution < 1.29 is 9.18 Å². The lowest BCUT2D eigenvalue weighted by molar-refractivity contribution is 0.101. The molecule has 82 valence electrons. The average molecular weight is 218 g/mol. The largest absolute Gasteiger partial charge is 0.294 e. The minimum atomic E-state index is -0.361. The SMILES string of the molecule is CC(=O)c1cn(-c2ccccc2F)nc1C. The molecule has 4 heteroatoms. The zero-order valence-electron chi connectivity index (χ0n) is 9.07. The van der Waals surface area contributed by atoms with E-state index >= 15 is 0 Å². The van der Waals surface area contributed by atoms with Crippen molar-refractivity contribution in [1.29, 1.82) is 0 Å². The van der Waals surface area contributed by atoms with Crippen LogP contribution in [-0.2, 0) is 0 Å². The van der Waals surface area contributed by atoms with Crippen molar-refractivity contribution in [1.82, 2.24) is 9.78 Å². The monoisotopic (exact) mass is 218 g/mol. The number of aryl methyl sites for hydroxylation is 1. The summed E-state index contributed by atoms with van der Waals surface area (Å²) in [6.07, 6.45) is 1.55. The summed E-state index contributed by atoms with van der Waals surface area (Å²) in [6, 6.07) is 6.31. The van der Waals surface area contributed by atoms with Crippen molar-refractivity contribution in [2.24, 2.45) is 0 Å². The molecule has 2 rings (SSSR count). The molecule has 0 amide bonds. The predicted molar refractivity (Wildman–Crippen MR) is 58.3 cm³/mol. The molecule has 0 radical (unpaired) electrons. The highest BCUT2D eigenvalue weighted by Crippen LogP contribution is 2.15. The lowest BCUT2D eigenvalue weighted by Gasteiger charge is -2.01. The van der Waals surface area contributed by atoms with Gasteiger partial charge in [0.25, 0.3) is 0 Å². The van der Waals surface area contributed by atoms with Gasteiger partial charge in [0.05, 0.1) is 11.3 Å². The number of para-hydroxylation sites is 1. The summed E-state index contributed by atoms with van der Waals surface area (Å²) in [5, 5.41) is 4.12. The summed E-state index contributed by atoms with van der Waals surface area (Å²) in [4.78, 5) is 11.2. The highest BCUT2D eigenvalue weighted by atomic mass is 19.1. The molecule has 0 aliphatic heterocycles. The van der Waals surface area contributed by atoms with Gasteiger partial charge in [0, 0.05) is 6.20 Å². The molecule has 0 bridgehead atoms. The Morgan fingerprint density at radius 2 is 2.06 bits per heavy atom. The summed E-state index contributed by atoms with van der Waals surface area (Å²) < 4.78 is 14.9. The molecule has 1 aromatic carbocycles. The van der Waals surface area contributed by atoms with Gasteiger partial charge in [-0.05, 0) is 26.0 Å². The van der Waals surface area contributed by atoms with Gasteiger partial charge in [-0.25, -0.2) is 9.07 Å². The molecule has 16 heavy (non-hydrogen) atoms. The zero-order chi connectivity index (χ0) is 11.7. The van der Waals surface area contributed by atoms with Gasteiger partial charge in [-0.1, -0.05) is 12.1 Å². The summed E-state index contributed by atoms with van der Waals surface area (Å²) in [5.41, 5.74) is 1.47. The van der Waals surface area contributed by atoms with Crippen molar-refractivity contribution in [3.63, 3.8) is 0 Å². The second-order valence-corrected chi connectivity index (χ2v) is 3.58. The van der Waals surface area contributed by atoms with E-state index in [-0.39, 0.29) is 11.6 Å². The molecule has 0 saturated carbocycles. The Hall–Kier alpha value is -1.97. The first kappa shape index (κ1) is 10.5. The maximum absolute atomic E-state index is 13.5. The fourth-order valence-corrected chi connectivity index (χ4v) is 1.57. The topological polar surface area (TPSA) is 34.9 Å². The van der Waals surface area contributed by atoms with E-state index in [1.165, 1.54) is 17.7 Å². The Morgan fingerprint density at radius 3 is 2.62 bits per heavy atom. The van der Waals surface area contributed by atoms with Crippen LogP contribution in [0.5, 0.6) is 0 Å². The maximum atomic E-state index is 13.5. The quantitative estimate of drug-likeness (QED) is 0.726. The number of hydrogen-bond donors (Lipinski definition) is 0. The molecule has 0 unspecified atom stereocenters. The number of Topliss-reactive ketones (excluding diaryl/α,β-unsaturated/α-hetero) is 1. The van der Waals surface area contributed by atoms with Crippen LogP contribution in [0.3, 0.4) is 0 Å². The molecular formula is C12H11FN2O. The number of hydrogen-bond acceptors (Lipinski definition) is 2. The second-order valence-electron chi connectivity index (χ2n) is 3.58. The Morgan fingerprint density at radius 1 is 1.38 bits per heavy atom. The fraction of sp³-hybridized carbons (Fsp3) is 0.167. The number of carbonyl (C=O) groups excluding carboxylic acids is 1. The molecule has 0 fully saturated rings. The number of carbonyl (C=O) groups is 1. The number of nitrogens with zero attached hydrogens (tertiary/aromatic N) is 2. The van der Waals surface area contributed by atoms with Crippen LogP contribution in [0, 0.1) is 12.7 Å². The van der Waals surface area contributed by atoms with Crippen LogP contribution in [0.15, 0.2) is 30.5 Å². The van der Waals surface area contributed by atoms with Crippen LogP contribution in [0.25, 0.3) is 5.69 Å². The summed E-state index contributed by atoms with van der Waals surface area (Å²) >= 11 is 0. The van der Waals surface area contributed by atoms with Gasteiger partial charge >= 0.3 is 0 Å². The standard InChI is InChI=1S/C12H11FN2O/c1-8-10(9(2)16)7-15(14-8)12-6-4-3-5-11(12)13/h3-7H,1-2H3. The second kappa shape index (κ2) is 3.89. The summed E-state index contributed by atoms with van der Waals surface area (Å²) in [7, 11) is 0. The molecule has 3 nitrogen and oxygen atoms in total. The van der Waals surface area contributed by atoms with Crippen molar-refractivity contribution in [3.8, 4) is 5.69 Å². The van der Waals surface area contributed by atoms with Crippen LogP contribution in [-0.4, -0.2) is 15.6 Å². The third-order valence-electron chi connectivity index (χ3n) is 2.38. The Balaban J connectivity index is 2.54. The van der Waals surface area contributed by atoms with Crippen molar-refractivity contribution in [2.45, 2.75) is 13.8 Å². The first-order chi connectivity index (χ1) is 7.59. The van der Waals surface area contributed by atoms with E-state index in [9.17, 15) is 9.18 Å². The van der Waals surface area contributed by atoms with E-state index in [2.05, 4.69) is 5.10 Å². The molecule has 0 aliphatic carbocycles. The maximum Gasteiger partial charge on any atom is 0.163 e. The molecule has 2 aromatic rings. The summed E-state index contributed by atoms with van der Waals surface area (Å²) in [6.45, 7) is 3.20. The third kappa shape index (κ3) is 1.74. The molecule has 0 aliphatic rings. The average Bonchev–Trinajstić information content (AvgIpc) is 2.61. The van der Waals surface area contributed by atoms with E-state index < -0.39 is 0 Å². The van der Waals surface area contributed by atoms with Crippen LogP contribution >= 0.6 is 0 Å². The molecule has 0 saturated heterocycles. The molecule has 0 N–H and O–H groups in total. The molecule has 1 heterocycles. The first-order valence-corrected chi connectivity index (χ1v) is 4.91. The van der Waals surface area contributed by atoms with Gasteiger partial charge < -0.3 is 0 Å². The molecule has 0 spiro atoms. The van der Waals surface area contributed by atoms with Gasteiger partial charge in [-0.2, -0.15) is 5.10 Å².